The fourth-order valence-corrected chi connectivity index (χ4v) is 1.70. The Kier molecular flexibility index (Phi) is 4.69. The van der Waals surface area contributed by atoms with E-state index in [9.17, 15) is 4.39 Å². The van der Waals surface area contributed by atoms with E-state index < -0.39 is 0 Å². The zero-order chi connectivity index (χ0) is 12.1. The van der Waals surface area contributed by atoms with Crippen molar-refractivity contribution in [3.05, 3.63) is 46.8 Å². The van der Waals surface area contributed by atoms with Gasteiger partial charge in [0.1, 0.15) is 5.82 Å². The van der Waals surface area contributed by atoms with Gasteiger partial charge in [-0.2, -0.15) is 0 Å². The molecule has 0 aromatic heterocycles. The van der Waals surface area contributed by atoms with Crippen LogP contribution in [-0.4, -0.2) is 6.54 Å². The first-order valence-electron chi connectivity index (χ1n) is 5.69. The predicted octanol–water partition coefficient (Wildman–Crippen LogP) is 3.75. The summed E-state index contributed by atoms with van der Waals surface area (Å²) in [5.74, 6) is -0.136. The minimum atomic E-state index is -0.136. The van der Waals surface area contributed by atoms with Crippen molar-refractivity contribution in [1.82, 2.24) is 5.32 Å². The van der Waals surface area contributed by atoms with Gasteiger partial charge in [0.05, 0.1) is 6.04 Å². The van der Waals surface area contributed by atoms with Crippen molar-refractivity contribution >= 4 is 0 Å². The van der Waals surface area contributed by atoms with Crippen LogP contribution in [0.2, 0.25) is 0 Å². The maximum atomic E-state index is 13.8. The van der Waals surface area contributed by atoms with Crippen LogP contribution in [0.5, 0.6) is 0 Å². The van der Waals surface area contributed by atoms with Crippen LogP contribution in [0.1, 0.15) is 37.9 Å². The van der Waals surface area contributed by atoms with Crippen molar-refractivity contribution in [2.75, 3.05) is 6.54 Å². The van der Waals surface area contributed by atoms with Crippen LogP contribution in [-0.2, 0) is 0 Å². The largest absolute Gasteiger partial charge is 0.307 e. The molecular weight excluding hydrogens is 201 g/mol. The lowest BCUT2D eigenvalue weighted by molar-refractivity contribution is 0.565. The smallest absolute Gasteiger partial charge is 0.128 e. The van der Waals surface area contributed by atoms with Gasteiger partial charge in [0, 0.05) is 5.56 Å². The second kappa shape index (κ2) is 5.80. The molecule has 0 aliphatic heterocycles. The van der Waals surface area contributed by atoms with E-state index in [1.54, 1.807) is 6.07 Å². The highest BCUT2D eigenvalue weighted by molar-refractivity contribution is 5.29. The number of hydrogen-bond donors (Lipinski definition) is 1. The van der Waals surface area contributed by atoms with Crippen molar-refractivity contribution in [3.8, 4) is 0 Å². The summed E-state index contributed by atoms with van der Waals surface area (Å²) in [4.78, 5) is 0. The Morgan fingerprint density at radius 2 is 2.12 bits per heavy atom. The van der Waals surface area contributed by atoms with Crippen molar-refractivity contribution in [2.45, 2.75) is 33.7 Å². The van der Waals surface area contributed by atoms with Crippen molar-refractivity contribution < 1.29 is 4.39 Å². The number of aryl methyl sites for hydroxylation is 1. The predicted molar refractivity (Wildman–Crippen MR) is 67.0 cm³/mol. The highest BCUT2D eigenvalue weighted by Gasteiger charge is 2.11. The molecule has 0 aliphatic rings. The van der Waals surface area contributed by atoms with E-state index in [1.807, 2.05) is 39.8 Å². The van der Waals surface area contributed by atoms with Crippen LogP contribution in [0.4, 0.5) is 4.39 Å². The summed E-state index contributed by atoms with van der Waals surface area (Å²) in [7, 11) is 0. The standard InChI is InChI=1S/C14H20FN/c1-5-16-14(8-10(2)3)12-7-6-11(4)9-13(12)15/h6-9,14,16H,5H2,1-4H3. The van der Waals surface area contributed by atoms with E-state index in [0.29, 0.717) is 5.56 Å². The maximum absolute atomic E-state index is 13.8. The Balaban J connectivity index is 3.05. The molecule has 0 saturated carbocycles. The van der Waals surface area contributed by atoms with Gasteiger partial charge in [-0.25, -0.2) is 4.39 Å². The molecule has 0 fully saturated rings. The van der Waals surface area contributed by atoms with Gasteiger partial charge in [-0.05, 0) is 38.9 Å². The number of benzene rings is 1. The normalized spacial score (nSPS) is 12.3. The summed E-state index contributed by atoms with van der Waals surface area (Å²) in [5.41, 5.74) is 2.85. The molecule has 1 aromatic carbocycles. The number of allylic oxidation sites excluding steroid dienone is 1. The molecular formula is C14H20FN. The number of nitrogens with one attached hydrogen (secondary N) is 1. The van der Waals surface area contributed by atoms with Gasteiger partial charge in [0.15, 0.2) is 0 Å². The van der Waals surface area contributed by atoms with Crippen LogP contribution >= 0.6 is 0 Å². The fourth-order valence-electron chi connectivity index (χ4n) is 1.70. The Bertz CT molecular complexity index is 378. The monoisotopic (exact) mass is 221 g/mol. The van der Waals surface area contributed by atoms with Crippen molar-refractivity contribution in [2.24, 2.45) is 0 Å². The molecule has 1 N–H and O–H groups in total. The Hall–Kier alpha value is -1.15. The van der Waals surface area contributed by atoms with Crippen LogP contribution in [0.15, 0.2) is 29.8 Å². The molecule has 0 aliphatic carbocycles. The van der Waals surface area contributed by atoms with Crippen LogP contribution in [0.3, 0.4) is 0 Å². The van der Waals surface area contributed by atoms with Crippen molar-refractivity contribution in [1.29, 1.82) is 0 Å². The lowest BCUT2D eigenvalue weighted by atomic mass is 10.0. The van der Waals surface area contributed by atoms with Crippen molar-refractivity contribution in [3.63, 3.8) is 0 Å². The third-order valence-electron chi connectivity index (χ3n) is 2.42. The molecule has 1 unspecified atom stereocenters. The Morgan fingerprint density at radius 3 is 2.62 bits per heavy atom. The van der Waals surface area contributed by atoms with Crippen LogP contribution < -0.4 is 5.32 Å². The lowest BCUT2D eigenvalue weighted by Gasteiger charge is -2.16. The third-order valence-corrected chi connectivity index (χ3v) is 2.42. The van der Waals surface area contributed by atoms with E-state index in [1.165, 1.54) is 5.57 Å². The second-order valence-electron chi connectivity index (χ2n) is 4.30. The molecule has 88 valence electrons. The summed E-state index contributed by atoms with van der Waals surface area (Å²) >= 11 is 0. The Morgan fingerprint density at radius 1 is 1.44 bits per heavy atom. The molecule has 0 bridgehead atoms. The van der Waals surface area contributed by atoms with Gasteiger partial charge in [-0.1, -0.05) is 30.7 Å². The zero-order valence-electron chi connectivity index (χ0n) is 10.5. The molecule has 0 amide bonds. The first kappa shape index (κ1) is 12.9. The summed E-state index contributed by atoms with van der Waals surface area (Å²) in [5, 5.41) is 3.27. The van der Waals surface area contributed by atoms with Gasteiger partial charge in [0.2, 0.25) is 0 Å². The number of likely N-dealkylation sites (N-methyl/N-ethyl adjacent to an activating group) is 1. The van der Waals surface area contributed by atoms with Crippen LogP contribution in [0, 0.1) is 12.7 Å². The molecule has 2 heteroatoms. The molecule has 1 atom stereocenters. The average Bonchev–Trinajstić information content (AvgIpc) is 2.16. The zero-order valence-corrected chi connectivity index (χ0v) is 10.5. The quantitative estimate of drug-likeness (QED) is 0.763. The molecule has 0 radical (unpaired) electrons. The molecule has 1 aromatic rings. The van der Waals surface area contributed by atoms with Gasteiger partial charge in [0.25, 0.3) is 0 Å². The minimum Gasteiger partial charge on any atom is -0.307 e. The summed E-state index contributed by atoms with van der Waals surface area (Å²) < 4.78 is 13.8. The molecule has 16 heavy (non-hydrogen) atoms. The topological polar surface area (TPSA) is 12.0 Å². The summed E-state index contributed by atoms with van der Waals surface area (Å²) in [6, 6.07) is 5.35. The maximum Gasteiger partial charge on any atom is 0.128 e. The van der Waals surface area contributed by atoms with E-state index in [4.69, 9.17) is 0 Å². The first-order valence-corrected chi connectivity index (χ1v) is 5.69. The average molecular weight is 221 g/mol. The van der Waals surface area contributed by atoms with Gasteiger partial charge in [-0.15, -0.1) is 0 Å². The molecule has 1 rings (SSSR count). The van der Waals surface area contributed by atoms with Crippen LogP contribution in [0.25, 0.3) is 0 Å². The third kappa shape index (κ3) is 3.46. The SMILES string of the molecule is CCNC(C=C(C)C)c1ccc(C)cc1F. The number of rotatable bonds is 4. The number of halogens is 1. The van der Waals surface area contributed by atoms with Gasteiger partial charge < -0.3 is 5.32 Å². The molecule has 0 heterocycles. The first-order chi connectivity index (χ1) is 7.54. The fraction of sp³-hybridized carbons (Fsp3) is 0.429. The second-order valence-corrected chi connectivity index (χ2v) is 4.30. The van der Waals surface area contributed by atoms with E-state index in [-0.39, 0.29) is 11.9 Å². The highest BCUT2D eigenvalue weighted by atomic mass is 19.1. The lowest BCUT2D eigenvalue weighted by Crippen LogP contribution is -2.20. The van der Waals surface area contributed by atoms with Gasteiger partial charge in [-0.3, -0.25) is 0 Å². The van der Waals surface area contributed by atoms with E-state index >= 15 is 0 Å². The molecule has 1 nitrogen and oxygen atoms in total. The molecule has 0 saturated heterocycles. The highest BCUT2D eigenvalue weighted by Crippen LogP contribution is 2.20. The van der Waals surface area contributed by atoms with E-state index in [0.717, 1.165) is 12.1 Å². The number of hydrogen-bond acceptors (Lipinski definition) is 1. The Labute approximate surface area is 97.4 Å². The minimum absolute atomic E-state index is 0.0319. The van der Waals surface area contributed by atoms with Gasteiger partial charge >= 0.3 is 0 Å². The van der Waals surface area contributed by atoms with E-state index in [2.05, 4.69) is 11.4 Å². The molecule has 0 spiro atoms. The summed E-state index contributed by atoms with van der Waals surface area (Å²) in [6.45, 7) is 8.79. The summed E-state index contributed by atoms with van der Waals surface area (Å²) in [6.07, 6.45) is 2.05.